The van der Waals surface area contributed by atoms with E-state index in [0.29, 0.717) is 14.8 Å². The molecule has 2 aromatic carbocycles. The maximum absolute atomic E-state index is 12.2. The largest absolute Gasteiger partial charge is 0.348 e. The number of para-hydroxylation sites is 1. The van der Waals surface area contributed by atoms with Crippen LogP contribution >= 0.6 is 23.1 Å². The summed E-state index contributed by atoms with van der Waals surface area (Å²) in [5, 5.41) is 4.06. The molecule has 1 aromatic heterocycles. The van der Waals surface area contributed by atoms with Gasteiger partial charge in [-0.15, -0.1) is 11.3 Å². The van der Waals surface area contributed by atoms with Crippen LogP contribution in [0.2, 0.25) is 0 Å². The molecule has 1 aliphatic rings. The summed E-state index contributed by atoms with van der Waals surface area (Å²) in [5.74, 6) is -0.125. The van der Waals surface area contributed by atoms with Gasteiger partial charge in [0.15, 0.2) is 5.78 Å². The van der Waals surface area contributed by atoms with Gasteiger partial charge in [-0.1, -0.05) is 54.2 Å². The van der Waals surface area contributed by atoms with Gasteiger partial charge in [0, 0.05) is 16.5 Å². The number of Topliss-reactive ketones (excluding diaryl/α,β-unsaturated/α-hetero) is 1. The molecule has 0 spiro atoms. The summed E-state index contributed by atoms with van der Waals surface area (Å²) in [6.07, 6.45) is 1.47. The summed E-state index contributed by atoms with van der Waals surface area (Å²) in [4.78, 5) is 28.3. The number of fused-ring (bicyclic) bond motifs is 1. The van der Waals surface area contributed by atoms with Crippen molar-refractivity contribution in [1.82, 2.24) is 4.98 Å². The molecule has 3 aromatic rings. The number of aromatic nitrogens is 1. The Bertz CT molecular complexity index is 1070. The second-order valence-corrected chi connectivity index (χ2v) is 7.28. The van der Waals surface area contributed by atoms with Crippen molar-refractivity contribution in [3.63, 3.8) is 0 Å². The van der Waals surface area contributed by atoms with Crippen LogP contribution in [0.15, 0.2) is 64.3 Å². The number of carbonyl (C=O) groups excluding carboxylic acids is 1. The number of nitrogens with one attached hydrogen (secondary N) is 2. The zero-order valence-corrected chi connectivity index (χ0v) is 14.0. The van der Waals surface area contributed by atoms with Gasteiger partial charge in [-0.05, 0) is 12.1 Å². The maximum atomic E-state index is 12.2. The molecule has 4 rings (SSSR count). The fourth-order valence-electron chi connectivity index (χ4n) is 2.39. The van der Waals surface area contributed by atoms with Crippen LogP contribution in [-0.4, -0.2) is 10.8 Å². The number of carbonyl (C=O) groups is 1. The highest BCUT2D eigenvalue weighted by atomic mass is 32.2. The third-order valence-electron chi connectivity index (χ3n) is 3.53. The third-order valence-corrected chi connectivity index (χ3v) is 5.78. The number of benzene rings is 2. The molecule has 0 bridgehead atoms. The quantitative estimate of drug-likeness (QED) is 0.695. The van der Waals surface area contributed by atoms with Crippen molar-refractivity contribution in [2.75, 3.05) is 5.32 Å². The number of ketones is 1. The van der Waals surface area contributed by atoms with Gasteiger partial charge in [-0.2, -0.15) is 0 Å². The summed E-state index contributed by atoms with van der Waals surface area (Å²) < 4.78 is 1.14. The van der Waals surface area contributed by atoms with Crippen molar-refractivity contribution in [3.05, 3.63) is 79.7 Å². The fourth-order valence-corrected chi connectivity index (χ4v) is 4.40. The van der Waals surface area contributed by atoms with Crippen LogP contribution < -0.4 is 20.1 Å². The predicted octanol–water partition coefficient (Wildman–Crippen LogP) is 2.38. The molecule has 2 N–H and O–H groups in total. The first kappa shape index (κ1) is 15.0. The topological polar surface area (TPSA) is 62.0 Å². The molecule has 0 amide bonds. The molecular weight excluding hydrogens is 340 g/mol. The van der Waals surface area contributed by atoms with Crippen molar-refractivity contribution in [1.29, 1.82) is 0 Å². The molecule has 0 saturated heterocycles. The summed E-state index contributed by atoms with van der Waals surface area (Å²) in [6.45, 7) is 0. The summed E-state index contributed by atoms with van der Waals surface area (Å²) >= 11 is 2.81. The van der Waals surface area contributed by atoms with Gasteiger partial charge in [0.1, 0.15) is 9.56 Å². The van der Waals surface area contributed by atoms with Crippen LogP contribution in [-0.2, 0) is 0 Å². The lowest BCUT2D eigenvalue weighted by molar-refractivity contribution is 0.106. The SMILES string of the molecule is O=C(C=c1[nH]c(=O)c(=C2Nc3ccccc3S2)s1)c1ccccc1. The van der Waals surface area contributed by atoms with Crippen molar-refractivity contribution in [2.45, 2.75) is 4.90 Å². The zero-order valence-electron chi connectivity index (χ0n) is 12.4. The van der Waals surface area contributed by atoms with Gasteiger partial charge in [0.05, 0.1) is 10.4 Å². The Hall–Kier alpha value is -2.57. The van der Waals surface area contributed by atoms with E-state index < -0.39 is 0 Å². The van der Waals surface area contributed by atoms with E-state index in [4.69, 9.17) is 0 Å². The first-order valence-electron chi connectivity index (χ1n) is 7.29. The Morgan fingerprint density at radius 3 is 2.54 bits per heavy atom. The number of aromatic amines is 1. The van der Waals surface area contributed by atoms with Crippen LogP contribution in [0, 0.1) is 0 Å². The lowest BCUT2D eigenvalue weighted by Gasteiger charge is -1.94. The first-order chi connectivity index (χ1) is 11.7. The molecule has 118 valence electrons. The van der Waals surface area contributed by atoms with E-state index in [1.807, 2.05) is 42.5 Å². The molecule has 0 radical (unpaired) electrons. The van der Waals surface area contributed by atoms with E-state index in [9.17, 15) is 9.59 Å². The molecule has 4 nitrogen and oxygen atoms in total. The molecular formula is C18H12N2O2S2. The molecule has 2 heterocycles. The van der Waals surface area contributed by atoms with Gasteiger partial charge in [-0.3, -0.25) is 9.59 Å². The van der Waals surface area contributed by atoms with Crippen LogP contribution in [0.4, 0.5) is 5.69 Å². The summed E-state index contributed by atoms with van der Waals surface area (Å²) in [7, 11) is 0. The Morgan fingerprint density at radius 1 is 1.00 bits per heavy atom. The minimum Gasteiger partial charge on any atom is -0.348 e. The second kappa shape index (κ2) is 6.14. The van der Waals surface area contributed by atoms with E-state index in [1.54, 1.807) is 12.1 Å². The zero-order chi connectivity index (χ0) is 16.5. The molecule has 0 unspecified atom stereocenters. The molecule has 0 saturated carbocycles. The number of thioether (sulfide) groups is 1. The van der Waals surface area contributed by atoms with Crippen LogP contribution in [0.5, 0.6) is 0 Å². The van der Waals surface area contributed by atoms with Gasteiger partial charge in [-0.25, -0.2) is 0 Å². The minimum absolute atomic E-state index is 0.125. The van der Waals surface area contributed by atoms with Crippen LogP contribution in [0.1, 0.15) is 10.4 Å². The van der Waals surface area contributed by atoms with E-state index in [0.717, 1.165) is 15.6 Å². The van der Waals surface area contributed by atoms with Crippen molar-refractivity contribution < 1.29 is 4.79 Å². The highest BCUT2D eigenvalue weighted by molar-refractivity contribution is 8.08. The van der Waals surface area contributed by atoms with Gasteiger partial charge < -0.3 is 10.3 Å². The number of hydrogen-bond donors (Lipinski definition) is 2. The highest BCUT2D eigenvalue weighted by Crippen LogP contribution is 2.40. The Kier molecular flexibility index (Phi) is 3.84. The van der Waals surface area contributed by atoms with Gasteiger partial charge >= 0.3 is 0 Å². The fraction of sp³-hybridized carbons (Fsp3) is 0. The van der Waals surface area contributed by atoms with Crippen LogP contribution in [0.25, 0.3) is 11.1 Å². The van der Waals surface area contributed by atoms with E-state index >= 15 is 0 Å². The molecule has 0 aliphatic carbocycles. The van der Waals surface area contributed by atoms with Crippen LogP contribution in [0.3, 0.4) is 0 Å². The highest BCUT2D eigenvalue weighted by Gasteiger charge is 2.17. The van der Waals surface area contributed by atoms with Gasteiger partial charge in [0.2, 0.25) is 0 Å². The number of anilines is 1. The Balaban J connectivity index is 1.74. The lowest BCUT2D eigenvalue weighted by Crippen LogP contribution is -2.23. The first-order valence-corrected chi connectivity index (χ1v) is 8.92. The van der Waals surface area contributed by atoms with E-state index in [-0.39, 0.29) is 11.3 Å². The number of hydrogen-bond acceptors (Lipinski definition) is 5. The van der Waals surface area contributed by atoms with Crippen molar-refractivity contribution >= 4 is 45.7 Å². The average Bonchev–Trinajstić information content (AvgIpc) is 3.18. The Labute approximate surface area is 145 Å². The maximum Gasteiger partial charge on any atom is 0.269 e. The van der Waals surface area contributed by atoms with E-state index in [2.05, 4.69) is 10.3 Å². The third kappa shape index (κ3) is 2.81. The molecule has 6 heteroatoms. The van der Waals surface area contributed by atoms with Crippen molar-refractivity contribution in [3.8, 4) is 0 Å². The minimum atomic E-state index is -0.185. The molecule has 24 heavy (non-hydrogen) atoms. The normalized spacial score (nSPS) is 15.9. The Morgan fingerprint density at radius 2 is 1.75 bits per heavy atom. The van der Waals surface area contributed by atoms with Gasteiger partial charge in [0.25, 0.3) is 5.56 Å². The average molecular weight is 352 g/mol. The summed E-state index contributed by atoms with van der Waals surface area (Å²) in [6, 6.07) is 16.9. The van der Waals surface area contributed by atoms with E-state index in [1.165, 1.54) is 29.2 Å². The van der Waals surface area contributed by atoms with Crippen molar-refractivity contribution in [2.24, 2.45) is 0 Å². The summed E-state index contributed by atoms with van der Waals surface area (Å²) in [5.41, 5.74) is 1.41. The molecule has 0 atom stereocenters. The lowest BCUT2D eigenvalue weighted by atomic mass is 10.1. The number of H-pyrrole nitrogens is 1. The molecule has 1 aliphatic heterocycles. The standard InChI is InChI=1S/C18H12N2O2S2/c21-13(11-6-2-1-3-7-11)10-15-20-17(22)16(24-15)18-19-12-8-4-5-9-14(12)23-18/h1-10,19H,(H,20,22). The monoisotopic (exact) mass is 352 g/mol. The smallest absolute Gasteiger partial charge is 0.269 e. The second-order valence-electron chi connectivity index (χ2n) is 5.18. The molecule has 0 fully saturated rings. The number of rotatable bonds is 2. The number of thiazole rings is 1. The predicted molar refractivity (Wildman–Crippen MR) is 98.8 cm³/mol.